The summed E-state index contributed by atoms with van der Waals surface area (Å²) in [6.45, 7) is 3.10. The molecular weight excluding hydrogens is 264 g/mol. The highest BCUT2D eigenvalue weighted by atomic mass is 32.2. The number of nitrogen functional groups attached to an aromatic ring is 1. The Bertz CT molecular complexity index is 606. The van der Waals surface area contributed by atoms with Crippen LogP contribution >= 0.6 is 0 Å². The Morgan fingerprint density at radius 2 is 2.05 bits per heavy atom. The van der Waals surface area contributed by atoms with Gasteiger partial charge in [0.25, 0.3) is 0 Å². The van der Waals surface area contributed by atoms with Crippen LogP contribution in [0.1, 0.15) is 25.3 Å². The zero-order valence-corrected chi connectivity index (χ0v) is 11.8. The predicted octanol–water partition coefficient (Wildman–Crippen LogP) is 1.02. The van der Waals surface area contributed by atoms with Crippen molar-refractivity contribution >= 4 is 21.4 Å². The highest BCUT2D eigenvalue weighted by Gasteiger charge is 2.34. The van der Waals surface area contributed by atoms with Crippen LogP contribution in [0.25, 0.3) is 0 Å². The lowest BCUT2D eigenvalue weighted by atomic mass is 10.2. The summed E-state index contributed by atoms with van der Waals surface area (Å²) in [5.41, 5.74) is 6.60. The molecule has 19 heavy (non-hydrogen) atoms. The van der Waals surface area contributed by atoms with Gasteiger partial charge in [0.05, 0.1) is 4.90 Å². The molecule has 1 aliphatic carbocycles. The maximum atomic E-state index is 12.4. The monoisotopic (exact) mass is 282 g/mol. The van der Waals surface area contributed by atoms with Crippen LogP contribution in [0.15, 0.2) is 23.1 Å². The van der Waals surface area contributed by atoms with Crippen LogP contribution in [0.2, 0.25) is 0 Å². The van der Waals surface area contributed by atoms with Gasteiger partial charge in [-0.15, -0.1) is 0 Å². The van der Waals surface area contributed by atoms with Gasteiger partial charge in [-0.3, -0.25) is 4.79 Å². The Morgan fingerprint density at radius 1 is 1.42 bits per heavy atom. The van der Waals surface area contributed by atoms with Crippen LogP contribution in [-0.2, 0) is 14.6 Å². The lowest BCUT2D eigenvalue weighted by molar-refractivity contribution is -0.120. The molecule has 0 bridgehead atoms. The number of anilines is 1. The molecule has 1 saturated carbocycles. The molecule has 0 heterocycles. The molecule has 1 unspecified atom stereocenters. The molecule has 0 aromatic heterocycles. The van der Waals surface area contributed by atoms with Crippen molar-refractivity contribution in [1.82, 2.24) is 5.32 Å². The number of carbonyl (C=O) groups is 1. The maximum Gasteiger partial charge on any atom is 0.238 e. The van der Waals surface area contributed by atoms with Gasteiger partial charge in [0, 0.05) is 11.7 Å². The molecule has 1 aromatic rings. The van der Waals surface area contributed by atoms with Gasteiger partial charge in [0.1, 0.15) is 5.25 Å². The third kappa shape index (κ3) is 2.89. The second-order valence-corrected chi connectivity index (χ2v) is 7.23. The third-order valence-electron chi connectivity index (χ3n) is 3.28. The molecule has 6 heteroatoms. The first-order chi connectivity index (χ1) is 8.82. The van der Waals surface area contributed by atoms with Gasteiger partial charge in [-0.25, -0.2) is 8.42 Å². The van der Waals surface area contributed by atoms with Gasteiger partial charge in [0.15, 0.2) is 9.84 Å². The first kappa shape index (κ1) is 13.9. The van der Waals surface area contributed by atoms with Crippen LogP contribution in [0, 0.1) is 6.92 Å². The van der Waals surface area contributed by atoms with Crippen molar-refractivity contribution in [3.63, 3.8) is 0 Å². The quantitative estimate of drug-likeness (QED) is 0.807. The number of hydrogen-bond donors (Lipinski definition) is 2. The van der Waals surface area contributed by atoms with Crippen molar-refractivity contribution in [2.75, 3.05) is 5.73 Å². The van der Waals surface area contributed by atoms with E-state index in [4.69, 9.17) is 5.73 Å². The van der Waals surface area contributed by atoms with E-state index in [1.165, 1.54) is 13.0 Å². The van der Waals surface area contributed by atoms with Crippen molar-refractivity contribution in [2.24, 2.45) is 0 Å². The number of benzene rings is 1. The summed E-state index contributed by atoms with van der Waals surface area (Å²) in [4.78, 5) is 12.0. The SMILES string of the molecule is Cc1ccc(N)cc1S(=O)(=O)C(C)C(=O)NC1CC1. The van der Waals surface area contributed by atoms with E-state index >= 15 is 0 Å². The fourth-order valence-corrected chi connectivity index (χ4v) is 3.35. The lowest BCUT2D eigenvalue weighted by Crippen LogP contribution is -2.39. The predicted molar refractivity (Wildman–Crippen MR) is 73.4 cm³/mol. The normalized spacial score (nSPS) is 16.9. The largest absolute Gasteiger partial charge is 0.399 e. The molecule has 1 aliphatic rings. The molecule has 0 saturated heterocycles. The topological polar surface area (TPSA) is 89.3 Å². The van der Waals surface area contributed by atoms with E-state index in [0.29, 0.717) is 11.3 Å². The van der Waals surface area contributed by atoms with E-state index in [1.807, 2.05) is 0 Å². The zero-order chi connectivity index (χ0) is 14.2. The number of sulfone groups is 1. The van der Waals surface area contributed by atoms with E-state index in [-0.39, 0.29) is 10.9 Å². The first-order valence-electron chi connectivity index (χ1n) is 6.23. The number of carbonyl (C=O) groups excluding carboxylic acids is 1. The molecule has 1 fully saturated rings. The van der Waals surface area contributed by atoms with Gasteiger partial charge in [-0.05, 0) is 44.4 Å². The number of hydrogen-bond acceptors (Lipinski definition) is 4. The summed E-state index contributed by atoms with van der Waals surface area (Å²) in [5, 5.41) is 1.61. The number of amides is 1. The average Bonchev–Trinajstić information content (AvgIpc) is 3.14. The van der Waals surface area contributed by atoms with Crippen LogP contribution in [0.4, 0.5) is 5.69 Å². The van der Waals surface area contributed by atoms with E-state index in [9.17, 15) is 13.2 Å². The Kier molecular flexibility index (Phi) is 3.54. The fraction of sp³-hybridized carbons (Fsp3) is 0.462. The second-order valence-electron chi connectivity index (χ2n) is 5.00. The average molecular weight is 282 g/mol. The van der Waals surface area contributed by atoms with Crippen LogP contribution < -0.4 is 11.1 Å². The Balaban J connectivity index is 2.29. The van der Waals surface area contributed by atoms with Gasteiger partial charge < -0.3 is 11.1 Å². The summed E-state index contributed by atoms with van der Waals surface area (Å²) < 4.78 is 24.9. The summed E-state index contributed by atoms with van der Waals surface area (Å²) in [5.74, 6) is -0.440. The van der Waals surface area contributed by atoms with Crippen molar-refractivity contribution in [2.45, 2.75) is 42.9 Å². The Labute approximate surface area is 113 Å². The summed E-state index contributed by atoms with van der Waals surface area (Å²) in [6, 6.07) is 4.84. The molecule has 0 spiro atoms. The minimum absolute atomic E-state index is 0.131. The molecule has 1 amide bonds. The zero-order valence-electron chi connectivity index (χ0n) is 11.0. The second kappa shape index (κ2) is 4.85. The van der Waals surface area contributed by atoms with Gasteiger partial charge in [0.2, 0.25) is 5.91 Å². The molecule has 2 rings (SSSR count). The van der Waals surface area contributed by atoms with Crippen molar-refractivity contribution < 1.29 is 13.2 Å². The van der Waals surface area contributed by atoms with Gasteiger partial charge in [-0.1, -0.05) is 6.07 Å². The number of rotatable bonds is 4. The number of nitrogens with two attached hydrogens (primary N) is 1. The summed E-state index contributed by atoms with van der Waals surface area (Å²) >= 11 is 0. The van der Waals surface area contributed by atoms with Crippen LogP contribution in [0.3, 0.4) is 0 Å². The highest BCUT2D eigenvalue weighted by molar-refractivity contribution is 7.92. The fourth-order valence-electron chi connectivity index (χ4n) is 1.80. The molecule has 3 N–H and O–H groups in total. The molecule has 104 valence electrons. The van der Waals surface area contributed by atoms with E-state index < -0.39 is 21.0 Å². The summed E-state index contributed by atoms with van der Waals surface area (Å²) in [6.07, 6.45) is 1.85. The lowest BCUT2D eigenvalue weighted by Gasteiger charge is -2.15. The maximum absolute atomic E-state index is 12.4. The molecule has 1 aromatic carbocycles. The van der Waals surface area contributed by atoms with Crippen molar-refractivity contribution in [1.29, 1.82) is 0 Å². The molecule has 0 aliphatic heterocycles. The third-order valence-corrected chi connectivity index (χ3v) is 5.47. The molecule has 1 atom stereocenters. The molecule has 5 nitrogen and oxygen atoms in total. The first-order valence-corrected chi connectivity index (χ1v) is 7.77. The molecule has 0 radical (unpaired) electrons. The van der Waals surface area contributed by atoms with Gasteiger partial charge >= 0.3 is 0 Å². The highest BCUT2D eigenvalue weighted by Crippen LogP contribution is 2.24. The van der Waals surface area contributed by atoms with E-state index in [0.717, 1.165) is 12.8 Å². The Hall–Kier alpha value is -1.56. The minimum Gasteiger partial charge on any atom is -0.399 e. The van der Waals surface area contributed by atoms with E-state index in [2.05, 4.69) is 5.32 Å². The standard InChI is InChI=1S/C13H18N2O3S/c1-8-3-4-10(14)7-12(8)19(17,18)9(2)13(16)15-11-5-6-11/h3-4,7,9,11H,5-6,14H2,1-2H3,(H,15,16). The number of aryl methyl sites for hydroxylation is 1. The molecular formula is C13H18N2O3S. The van der Waals surface area contributed by atoms with Gasteiger partial charge in [-0.2, -0.15) is 0 Å². The van der Waals surface area contributed by atoms with Crippen molar-refractivity contribution in [3.8, 4) is 0 Å². The summed E-state index contributed by atoms with van der Waals surface area (Å²) in [7, 11) is -3.70. The number of nitrogens with one attached hydrogen (secondary N) is 1. The van der Waals surface area contributed by atoms with Crippen molar-refractivity contribution in [3.05, 3.63) is 23.8 Å². The smallest absolute Gasteiger partial charge is 0.238 e. The van der Waals surface area contributed by atoms with Crippen LogP contribution in [0.5, 0.6) is 0 Å². The van der Waals surface area contributed by atoms with Crippen LogP contribution in [-0.4, -0.2) is 25.6 Å². The Morgan fingerprint density at radius 3 is 2.63 bits per heavy atom. The minimum atomic E-state index is -3.70. The van der Waals surface area contributed by atoms with E-state index in [1.54, 1.807) is 19.1 Å².